The number of carbonyl (C=O) groups excluding carboxylic acids is 1. The summed E-state index contributed by atoms with van der Waals surface area (Å²) in [5.41, 5.74) is 3.07. The molecule has 8 heteroatoms. The van der Waals surface area contributed by atoms with Crippen molar-refractivity contribution in [1.29, 1.82) is 0 Å². The van der Waals surface area contributed by atoms with E-state index in [0.717, 1.165) is 32.7 Å². The summed E-state index contributed by atoms with van der Waals surface area (Å²) in [7, 11) is 0. The van der Waals surface area contributed by atoms with Crippen molar-refractivity contribution in [3.05, 3.63) is 62.0 Å². The number of aryl methyl sites for hydroxylation is 2. The first-order valence-electron chi connectivity index (χ1n) is 11.1. The van der Waals surface area contributed by atoms with E-state index in [0.29, 0.717) is 33.1 Å². The van der Waals surface area contributed by atoms with Gasteiger partial charge in [-0.15, -0.1) is 11.3 Å². The highest BCUT2D eigenvalue weighted by atomic mass is 32.1. The number of ether oxygens (including phenoxy) is 1. The van der Waals surface area contributed by atoms with Crippen LogP contribution in [0.5, 0.6) is 0 Å². The van der Waals surface area contributed by atoms with Crippen LogP contribution in [0.15, 0.2) is 29.1 Å². The van der Waals surface area contributed by atoms with Crippen molar-refractivity contribution in [2.45, 2.75) is 40.3 Å². The third-order valence-corrected chi connectivity index (χ3v) is 7.28. The molecule has 1 aromatic carbocycles. The summed E-state index contributed by atoms with van der Waals surface area (Å²) in [6, 6.07) is 8.65. The van der Waals surface area contributed by atoms with E-state index in [1.54, 1.807) is 13.8 Å². The number of nitrogens with one attached hydrogen (secondary N) is 1. The van der Waals surface area contributed by atoms with Crippen LogP contribution in [-0.4, -0.2) is 58.5 Å². The van der Waals surface area contributed by atoms with E-state index in [-0.39, 0.29) is 11.6 Å². The van der Waals surface area contributed by atoms with Gasteiger partial charge in [0.05, 0.1) is 18.0 Å². The first-order chi connectivity index (χ1) is 15.4. The van der Waals surface area contributed by atoms with Crippen LogP contribution >= 0.6 is 11.3 Å². The Kier molecular flexibility index (Phi) is 6.74. The van der Waals surface area contributed by atoms with E-state index in [1.165, 1.54) is 22.5 Å². The molecular formula is C24H30N4O3S. The van der Waals surface area contributed by atoms with Crippen LogP contribution in [-0.2, 0) is 11.3 Å². The fourth-order valence-electron chi connectivity index (χ4n) is 4.30. The van der Waals surface area contributed by atoms with Gasteiger partial charge in [0.2, 0.25) is 0 Å². The second-order valence-electron chi connectivity index (χ2n) is 8.39. The number of hydrogen-bond acceptors (Lipinski definition) is 7. The molecule has 1 unspecified atom stereocenters. The summed E-state index contributed by atoms with van der Waals surface area (Å²) in [5, 5.41) is 0.483. The van der Waals surface area contributed by atoms with Crippen LogP contribution in [0.2, 0.25) is 0 Å². The van der Waals surface area contributed by atoms with Gasteiger partial charge in [-0.1, -0.05) is 29.8 Å². The fourth-order valence-corrected chi connectivity index (χ4v) is 5.38. The van der Waals surface area contributed by atoms with Crippen LogP contribution in [0.4, 0.5) is 0 Å². The molecule has 170 valence electrons. The molecule has 0 bridgehead atoms. The lowest BCUT2D eigenvalue weighted by Crippen LogP contribution is -2.47. The standard InChI is InChI=1S/C24H30N4O3S/c1-5-31-24(30)20-16(3)19-22(29)25-21(26-23(19)32-20)17(4)28-11-9-27(10-12-28)14-18-8-6-7-15(2)13-18/h6-8,13,17H,5,9-12,14H2,1-4H3,(H,25,26,29). The van der Waals surface area contributed by atoms with Crippen LogP contribution < -0.4 is 5.56 Å². The number of fused-ring (bicyclic) bond motifs is 1. The maximum atomic E-state index is 12.8. The highest BCUT2D eigenvalue weighted by Crippen LogP contribution is 2.29. The van der Waals surface area contributed by atoms with Crippen molar-refractivity contribution in [3.63, 3.8) is 0 Å². The number of H-pyrrole nitrogens is 1. The molecule has 1 saturated heterocycles. The molecule has 1 aliphatic heterocycles. The van der Waals surface area contributed by atoms with Crippen molar-refractivity contribution in [2.75, 3.05) is 32.8 Å². The monoisotopic (exact) mass is 454 g/mol. The molecule has 1 fully saturated rings. The predicted molar refractivity (Wildman–Crippen MR) is 127 cm³/mol. The minimum atomic E-state index is -0.397. The molecule has 0 radical (unpaired) electrons. The van der Waals surface area contributed by atoms with Gasteiger partial charge < -0.3 is 9.72 Å². The molecule has 2 aromatic heterocycles. The zero-order valence-corrected chi connectivity index (χ0v) is 19.9. The Labute approximate surface area is 192 Å². The topological polar surface area (TPSA) is 78.5 Å². The summed E-state index contributed by atoms with van der Waals surface area (Å²) in [6.07, 6.45) is 0. The molecule has 0 spiro atoms. The fraction of sp³-hybridized carbons (Fsp3) is 0.458. The minimum Gasteiger partial charge on any atom is -0.462 e. The van der Waals surface area contributed by atoms with Gasteiger partial charge in [0.15, 0.2) is 0 Å². The van der Waals surface area contributed by atoms with Gasteiger partial charge in [-0.25, -0.2) is 9.78 Å². The Balaban J connectivity index is 1.47. The number of carbonyl (C=O) groups is 1. The molecule has 0 amide bonds. The van der Waals surface area contributed by atoms with E-state index < -0.39 is 5.97 Å². The molecule has 3 heterocycles. The maximum absolute atomic E-state index is 12.8. The Morgan fingerprint density at radius 2 is 2.00 bits per heavy atom. The summed E-state index contributed by atoms with van der Waals surface area (Å²) < 4.78 is 5.13. The van der Waals surface area contributed by atoms with Crippen molar-refractivity contribution < 1.29 is 9.53 Å². The summed E-state index contributed by atoms with van der Waals surface area (Å²) in [4.78, 5) is 38.6. The molecule has 0 saturated carbocycles. The van der Waals surface area contributed by atoms with Gasteiger partial charge in [-0.05, 0) is 38.8 Å². The second kappa shape index (κ2) is 9.52. The Bertz CT molecular complexity index is 1180. The average molecular weight is 455 g/mol. The van der Waals surface area contributed by atoms with E-state index >= 15 is 0 Å². The number of esters is 1. The summed E-state index contributed by atoms with van der Waals surface area (Å²) in [6.45, 7) is 12.8. The lowest BCUT2D eigenvalue weighted by atomic mass is 10.1. The Hall–Kier alpha value is -2.55. The number of aromatic nitrogens is 2. The lowest BCUT2D eigenvalue weighted by Gasteiger charge is -2.37. The molecule has 1 aliphatic rings. The van der Waals surface area contributed by atoms with Crippen LogP contribution in [0.3, 0.4) is 0 Å². The molecule has 7 nitrogen and oxygen atoms in total. The maximum Gasteiger partial charge on any atom is 0.348 e. The Morgan fingerprint density at radius 3 is 2.69 bits per heavy atom. The van der Waals surface area contributed by atoms with Gasteiger partial charge in [0.25, 0.3) is 5.56 Å². The van der Waals surface area contributed by atoms with Crippen molar-refractivity contribution in [3.8, 4) is 0 Å². The van der Waals surface area contributed by atoms with Gasteiger partial charge in [-0.2, -0.15) is 0 Å². The second-order valence-corrected chi connectivity index (χ2v) is 9.38. The molecule has 0 aliphatic carbocycles. The average Bonchev–Trinajstić information content (AvgIpc) is 3.11. The van der Waals surface area contributed by atoms with E-state index in [2.05, 4.69) is 52.9 Å². The summed E-state index contributed by atoms with van der Waals surface area (Å²) in [5.74, 6) is 0.248. The first kappa shape index (κ1) is 22.6. The largest absolute Gasteiger partial charge is 0.462 e. The smallest absolute Gasteiger partial charge is 0.348 e. The highest BCUT2D eigenvalue weighted by molar-refractivity contribution is 7.20. The normalized spacial score (nSPS) is 16.4. The minimum absolute atomic E-state index is 0.0123. The number of thiophene rings is 1. The molecule has 1 atom stereocenters. The van der Waals surface area contributed by atoms with Crippen molar-refractivity contribution in [2.24, 2.45) is 0 Å². The molecule has 4 rings (SSSR count). The molecule has 3 aromatic rings. The quantitative estimate of drug-likeness (QED) is 0.573. The number of piperazine rings is 1. The van der Waals surface area contributed by atoms with Gasteiger partial charge >= 0.3 is 5.97 Å². The number of aromatic amines is 1. The van der Waals surface area contributed by atoms with Crippen LogP contribution in [0, 0.1) is 13.8 Å². The number of hydrogen-bond donors (Lipinski definition) is 1. The van der Waals surface area contributed by atoms with Gasteiger partial charge in [0, 0.05) is 32.7 Å². The first-order valence-corrected chi connectivity index (χ1v) is 11.9. The van der Waals surface area contributed by atoms with Gasteiger partial charge in [0.1, 0.15) is 15.5 Å². The lowest BCUT2D eigenvalue weighted by molar-refractivity contribution is 0.0531. The van der Waals surface area contributed by atoms with Crippen molar-refractivity contribution >= 4 is 27.5 Å². The van der Waals surface area contributed by atoms with Crippen molar-refractivity contribution in [1.82, 2.24) is 19.8 Å². The molecular weight excluding hydrogens is 424 g/mol. The van der Waals surface area contributed by atoms with Gasteiger partial charge in [-0.3, -0.25) is 14.6 Å². The summed E-state index contributed by atoms with van der Waals surface area (Å²) >= 11 is 1.23. The number of nitrogens with zero attached hydrogens (tertiary/aromatic N) is 3. The SMILES string of the molecule is CCOC(=O)c1sc2nc(C(C)N3CCN(Cc4cccc(C)c4)CC3)[nH]c(=O)c2c1C. The molecule has 1 N–H and O–H groups in total. The Morgan fingerprint density at radius 1 is 1.25 bits per heavy atom. The third-order valence-electron chi connectivity index (χ3n) is 6.12. The van der Waals surface area contributed by atoms with E-state index in [9.17, 15) is 9.59 Å². The van der Waals surface area contributed by atoms with E-state index in [4.69, 9.17) is 9.72 Å². The van der Waals surface area contributed by atoms with Crippen LogP contribution in [0.25, 0.3) is 10.2 Å². The van der Waals surface area contributed by atoms with E-state index in [1.807, 2.05) is 0 Å². The zero-order chi connectivity index (χ0) is 22.8. The zero-order valence-electron chi connectivity index (χ0n) is 19.1. The third kappa shape index (κ3) is 4.62. The molecule has 32 heavy (non-hydrogen) atoms. The van der Waals surface area contributed by atoms with Crippen LogP contribution in [0.1, 0.15) is 52.1 Å². The predicted octanol–water partition coefficient (Wildman–Crippen LogP) is 3.66. The highest BCUT2D eigenvalue weighted by Gasteiger charge is 2.26. The number of benzene rings is 1. The number of rotatable bonds is 6.